The molecule has 4 rings (SSSR count). The SMILES string of the molecule is CN=C(NCC1CN2CCCC2CO1)N1CCSC2(CCCCC2)C1. The second-order valence-corrected chi connectivity index (χ2v) is 9.75. The summed E-state index contributed by atoms with van der Waals surface area (Å²) in [6, 6.07) is 0.681. The largest absolute Gasteiger partial charge is 0.373 e. The Morgan fingerprint density at radius 1 is 1.24 bits per heavy atom. The van der Waals surface area contributed by atoms with E-state index in [1.807, 2.05) is 7.05 Å². The molecule has 0 aromatic carbocycles. The molecule has 2 unspecified atom stereocenters. The van der Waals surface area contributed by atoms with E-state index in [2.05, 4.69) is 31.9 Å². The maximum atomic E-state index is 6.10. The number of nitrogens with zero attached hydrogens (tertiary/aromatic N) is 3. The van der Waals surface area contributed by atoms with Crippen LogP contribution < -0.4 is 5.32 Å². The number of fused-ring (bicyclic) bond motifs is 1. The number of hydrogen-bond acceptors (Lipinski definition) is 4. The van der Waals surface area contributed by atoms with Crippen molar-refractivity contribution < 1.29 is 4.74 Å². The minimum atomic E-state index is 0.300. The first-order valence-corrected chi connectivity index (χ1v) is 11.2. The lowest BCUT2D eigenvalue weighted by molar-refractivity contribution is -0.0454. The third-order valence-corrected chi connectivity index (χ3v) is 8.01. The molecule has 1 N–H and O–H groups in total. The normalized spacial score (nSPS) is 33.5. The van der Waals surface area contributed by atoms with Gasteiger partial charge in [0.25, 0.3) is 0 Å². The van der Waals surface area contributed by atoms with Crippen LogP contribution in [0.2, 0.25) is 0 Å². The monoisotopic (exact) mass is 366 g/mol. The Morgan fingerprint density at radius 2 is 2.12 bits per heavy atom. The van der Waals surface area contributed by atoms with Crippen molar-refractivity contribution in [2.75, 3.05) is 52.1 Å². The molecule has 0 amide bonds. The van der Waals surface area contributed by atoms with Crippen molar-refractivity contribution in [3.8, 4) is 0 Å². The molecule has 3 saturated heterocycles. The highest BCUT2D eigenvalue weighted by molar-refractivity contribution is 8.00. The van der Waals surface area contributed by atoms with Crippen LogP contribution in [0.1, 0.15) is 44.9 Å². The molecule has 6 heteroatoms. The van der Waals surface area contributed by atoms with Crippen LogP contribution in [0.3, 0.4) is 0 Å². The van der Waals surface area contributed by atoms with Gasteiger partial charge in [0.05, 0.1) is 12.7 Å². The van der Waals surface area contributed by atoms with E-state index >= 15 is 0 Å². The Kier molecular flexibility index (Phi) is 5.77. The number of guanidine groups is 1. The molecule has 25 heavy (non-hydrogen) atoms. The highest BCUT2D eigenvalue weighted by Gasteiger charge is 2.38. The van der Waals surface area contributed by atoms with Crippen molar-refractivity contribution in [2.45, 2.75) is 61.8 Å². The van der Waals surface area contributed by atoms with Crippen LogP contribution in [-0.4, -0.2) is 84.8 Å². The second kappa shape index (κ2) is 8.05. The molecule has 0 bridgehead atoms. The summed E-state index contributed by atoms with van der Waals surface area (Å²) in [5.74, 6) is 2.31. The molecule has 0 radical (unpaired) electrons. The van der Waals surface area contributed by atoms with Crippen molar-refractivity contribution in [3.63, 3.8) is 0 Å². The Bertz CT molecular complexity index is 475. The van der Waals surface area contributed by atoms with Crippen LogP contribution in [0.4, 0.5) is 0 Å². The quantitative estimate of drug-likeness (QED) is 0.599. The summed E-state index contributed by atoms with van der Waals surface area (Å²) in [4.78, 5) is 9.72. The van der Waals surface area contributed by atoms with Gasteiger partial charge < -0.3 is 15.0 Å². The summed E-state index contributed by atoms with van der Waals surface area (Å²) in [6.45, 7) is 6.41. The fraction of sp³-hybridized carbons (Fsp3) is 0.947. The van der Waals surface area contributed by atoms with E-state index in [1.54, 1.807) is 0 Å². The molecule has 2 atom stereocenters. The van der Waals surface area contributed by atoms with Crippen LogP contribution in [-0.2, 0) is 4.74 Å². The minimum Gasteiger partial charge on any atom is -0.373 e. The number of nitrogens with one attached hydrogen (secondary N) is 1. The van der Waals surface area contributed by atoms with E-state index in [0.717, 1.165) is 38.7 Å². The summed E-state index contributed by atoms with van der Waals surface area (Å²) in [7, 11) is 1.93. The number of aliphatic imine (C=N–C) groups is 1. The van der Waals surface area contributed by atoms with Crippen molar-refractivity contribution in [3.05, 3.63) is 0 Å². The average molecular weight is 367 g/mol. The first-order chi connectivity index (χ1) is 12.3. The van der Waals surface area contributed by atoms with Crippen molar-refractivity contribution in [1.82, 2.24) is 15.1 Å². The van der Waals surface area contributed by atoms with Gasteiger partial charge in [0.15, 0.2) is 5.96 Å². The smallest absolute Gasteiger partial charge is 0.193 e. The lowest BCUT2D eigenvalue weighted by atomic mass is 9.87. The van der Waals surface area contributed by atoms with E-state index in [4.69, 9.17) is 4.74 Å². The Morgan fingerprint density at radius 3 is 2.96 bits per heavy atom. The molecular formula is C19H34N4OS. The zero-order valence-electron chi connectivity index (χ0n) is 15.7. The summed E-state index contributed by atoms with van der Waals surface area (Å²) in [6.07, 6.45) is 9.94. The lowest BCUT2D eigenvalue weighted by Gasteiger charge is -2.45. The van der Waals surface area contributed by atoms with Gasteiger partial charge in [-0.2, -0.15) is 11.8 Å². The molecule has 1 aliphatic carbocycles. The van der Waals surface area contributed by atoms with E-state index in [1.165, 1.54) is 57.2 Å². The van der Waals surface area contributed by atoms with Gasteiger partial charge in [-0.15, -0.1) is 0 Å². The first-order valence-electron chi connectivity index (χ1n) is 10.2. The van der Waals surface area contributed by atoms with Gasteiger partial charge in [0.1, 0.15) is 0 Å². The fourth-order valence-corrected chi connectivity index (χ4v) is 6.64. The van der Waals surface area contributed by atoms with Gasteiger partial charge in [-0.05, 0) is 32.2 Å². The topological polar surface area (TPSA) is 40.1 Å². The zero-order chi connectivity index (χ0) is 17.1. The van der Waals surface area contributed by atoms with E-state index in [-0.39, 0.29) is 0 Å². The van der Waals surface area contributed by atoms with Crippen molar-refractivity contribution in [2.24, 2.45) is 4.99 Å². The molecule has 142 valence electrons. The van der Waals surface area contributed by atoms with Crippen LogP contribution in [0.5, 0.6) is 0 Å². The lowest BCUT2D eigenvalue weighted by Crippen LogP contribution is -2.56. The molecular weight excluding hydrogens is 332 g/mol. The summed E-state index contributed by atoms with van der Waals surface area (Å²) in [5.41, 5.74) is 0. The molecule has 4 aliphatic rings. The maximum absolute atomic E-state index is 6.10. The zero-order valence-corrected chi connectivity index (χ0v) is 16.5. The predicted molar refractivity (Wildman–Crippen MR) is 106 cm³/mol. The van der Waals surface area contributed by atoms with Gasteiger partial charge in [-0.1, -0.05) is 19.3 Å². The van der Waals surface area contributed by atoms with Crippen LogP contribution in [0, 0.1) is 0 Å². The number of morpholine rings is 1. The van der Waals surface area contributed by atoms with Gasteiger partial charge in [-0.3, -0.25) is 9.89 Å². The fourth-order valence-electron chi connectivity index (χ4n) is 5.07. The maximum Gasteiger partial charge on any atom is 0.193 e. The van der Waals surface area contributed by atoms with Crippen LogP contribution in [0.25, 0.3) is 0 Å². The average Bonchev–Trinajstić information content (AvgIpc) is 3.11. The number of ether oxygens (including phenoxy) is 1. The van der Waals surface area contributed by atoms with Gasteiger partial charge in [0, 0.05) is 49.8 Å². The summed E-state index contributed by atoms with van der Waals surface area (Å²) >= 11 is 2.22. The van der Waals surface area contributed by atoms with Crippen molar-refractivity contribution in [1.29, 1.82) is 0 Å². The summed E-state index contributed by atoms with van der Waals surface area (Å²) < 4.78 is 6.59. The molecule has 5 nitrogen and oxygen atoms in total. The Hall–Kier alpha value is -0.460. The molecule has 1 spiro atoms. The highest BCUT2D eigenvalue weighted by atomic mass is 32.2. The van der Waals surface area contributed by atoms with Crippen LogP contribution in [0.15, 0.2) is 4.99 Å². The molecule has 3 heterocycles. The number of thioether (sulfide) groups is 1. The third-order valence-electron chi connectivity index (χ3n) is 6.47. The van der Waals surface area contributed by atoms with Crippen LogP contribution >= 0.6 is 11.8 Å². The van der Waals surface area contributed by atoms with E-state index < -0.39 is 0 Å². The summed E-state index contributed by atoms with van der Waals surface area (Å²) in [5, 5.41) is 3.63. The first kappa shape index (κ1) is 17.9. The van der Waals surface area contributed by atoms with Gasteiger partial charge in [-0.25, -0.2) is 0 Å². The number of rotatable bonds is 2. The van der Waals surface area contributed by atoms with Crippen molar-refractivity contribution >= 4 is 17.7 Å². The minimum absolute atomic E-state index is 0.300. The standard InChI is InChI=1S/C19H34N4OS/c1-20-18(21-12-17-13-22-9-5-6-16(22)14-24-17)23-10-11-25-19(15-23)7-3-2-4-8-19/h16-17H,2-15H2,1H3,(H,20,21). The third kappa shape index (κ3) is 4.11. The predicted octanol–water partition coefficient (Wildman–Crippen LogP) is 2.18. The second-order valence-electron chi connectivity index (χ2n) is 8.19. The van der Waals surface area contributed by atoms with Gasteiger partial charge >= 0.3 is 0 Å². The Labute approximate surface area is 156 Å². The Balaban J connectivity index is 1.30. The molecule has 4 fully saturated rings. The van der Waals surface area contributed by atoms with E-state index in [0.29, 0.717) is 16.9 Å². The molecule has 0 aromatic rings. The molecule has 3 aliphatic heterocycles. The number of hydrogen-bond donors (Lipinski definition) is 1. The molecule has 0 aromatic heterocycles. The molecule has 1 saturated carbocycles. The van der Waals surface area contributed by atoms with E-state index in [9.17, 15) is 0 Å². The highest BCUT2D eigenvalue weighted by Crippen LogP contribution is 2.42. The van der Waals surface area contributed by atoms with Gasteiger partial charge in [0.2, 0.25) is 0 Å².